The summed E-state index contributed by atoms with van der Waals surface area (Å²) >= 11 is 0. The Balaban J connectivity index is 1.60. The van der Waals surface area contributed by atoms with E-state index in [4.69, 9.17) is 14.2 Å². The minimum Gasteiger partial charge on any atom is -0.497 e. The van der Waals surface area contributed by atoms with Crippen molar-refractivity contribution in [3.8, 4) is 5.75 Å². The number of ether oxygens (including phenoxy) is 3. The van der Waals surface area contributed by atoms with Crippen molar-refractivity contribution in [2.24, 2.45) is 5.92 Å². The van der Waals surface area contributed by atoms with Gasteiger partial charge in [0.1, 0.15) is 11.4 Å². The summed E-state index contributed by atoms with van der Waals surface area (Å²) in [6, 6.07) is 8.93. The summed E-state index contributed by atoms with van der Waals surface area (Å²) in [5.74, 6) is 1.49. The molecule has 3 rings (SSSR count). The largest absolute Gasteiger partial charge is 0.497 e. The second-order valence-corrected chi connectivity index (χ2v) is 8.21. The lowest BCUT2D eigenvalue weighted by molar-refractivity contribution is -0.0563. The van der Waals surface area contributed by atoms with Crippen molar-refractivity contribution in [2.45, 2.75) is 38.5 Å². The molecule has 2 heterocycles. The zero-order valence-corrected chi connectivity index (χ0v) is 16.7. The minimum atomic E-state index is -0.147. The highest BCUT2D eigenvalue weighted by Crippen LogP contribution is 2.33. The van der Waals surface area contributed by atoms with Gasteiger partial charge in [0, 0.05) is 32.2 Å². The van der Waals surface area contributed by atoms with E-state index >= 15 is 0 Å². The fourth-order valence-electron chi connectivity index (χ4n) is 3.99. The number of methoxy groups -OCH3 is 1. The Morgan fingerprint density at radius 3 is 2.77 bits per heavy atom. The van der Waals surface area contributed by atoms with E-state index in [0.717, 1.165) is 51.6 Å². The first-order valence-corrected chi connectivity index (χ1v) is 9.77. The van der Waals surface area contributed by atoms with Crippen LogP contribution in [0.5, 0.6) is 5.75 Å². The van der Waals surface area contributed by atoms with Gasteiger partial charge in [0.25, 0.3) is 0 Å². The third-order valence-electron chi connectivity index (χ3n) is 5.71. The molecule has 2 aliphatic rings. The van der Waals surface area contributed by atoms with Crippen molar-refractivity contribution in [1.82, 2.24) is 9.80 Å². The van der Waals surface area contributed by atoms with Crippen LogP contribution in [-0.2, 0) is 16.0 Å². The Labute approximate surface area is 158 Å². The number of nitrogens with zero attached hydrogens (tertiary/aromatic N) is 2. The normalized spacial score (nSPS) is 27.4. The van der Waals surface area contributed by atoms with Crippen molar-refractivity contribution in [3.05, 3.63) is 29.8 Å². The SMILES string of the molecule is COc1ccc(CN2CCOCC3(CC(CN(C)C(C)C)CO3)C2)cc1. The second-order valence-electron chi connectivity index (χ2n) is 8.21. The van der Waals surface area contributed by atoms with Crippen LogP contribution in [0.15, 0.2) is 24.3 Å². The fourth-order valence-corrected chi connectivity index (χ4v) is 3.99. The first kappa shape index (κ1) is 19.6. The summed E-state index contributed by atoms with van der Waals surface area (Å²) < 4.78 is 17.5. The molecule has 2 saturated heterocycles. The molecule has 0 radical (unpaired) electrons. The van der Waals surface area contributed by atoms with Crippen molar-refractivity contribution >= 4 is 0 Å². The van der Waals surface area contributed by atoms with Crippen LogP contribution in [0.3, 0.4) is 0 Å². The number of rotatable bonds is 6. The van der Waals surface area contributed by atoms with Crippen LogP contribution in [0.25, 0.3) is 0 Å². The Bertz CT molecular complexity index is 563. The minimum absolute atomic E-state index is 0.147. The van der Waals surface area contributed by atoms with Gasteiger partial charge in [0.15, 0.2) is 0 Å². The highest BCUT2D eigenvalue weighted by atomic mass is 16.5. The number of hydrogen-bond donors (Lipinski definition) is 0. The van der Waals surface area contributed by atoms with Gasteiger partial charge >= 0.3 is 0 Å². The van der Waals surface area contributed by atoms with Crippen LogP contribution in [0.1, 0.15) is 25.8 Å². The highest BCUT2D eigenvalue weighted by Gasteiger charge is 2.43. The first-order chi connectivity index (χ1) is 12.5. The quantitative estimate of drug-likeness (QED) is 0.777. The lowest BCUT2D eigenvalue weighted by atomic mass is 9.93. The zero-order chi connectivity index (χ0) is 18.6. The fraction of sp³-hybridized carbons (Fsp3) is 0.714. The van der Waals surface area contributed by atoms with Crippen molar-refractivity contribution in [2.75, 3.05) is 53.6 Å². The van der Waals surface area contributed by atoms with Crippen LogP contribution >= 0.6 is 0 Å². The van der Waals surface area contributed by atoms with E-state index in [2.05, 4.69) is 42.8 Å². The molecule has 1 aromatic carbocycles. The first-order valence-electron chi connectivity index (χ1n) is 9.77. The summed E-state index contributed by atoms with van der Waals surface area (Å²) in [7, 11) is 3.91. The second kappa shape index (κ2) is 8.70. The van der Waals surface area contributed by atoms with E-state index in [1.165, 1.54) is 5.56 Å². The molecule has 0 saturated carbocycles. The molecular formula is C21H34N2O3. The van der Waals surface area contributed by atoms with Gasteiger partial charge in [-0.15, -0.1) is 0 Å². The third-order valence-corrected chi connectivity index (χ3v) is 5.71. The lowest BCUT2D eigenvalue weighted by Gasteiger charge is -2.31. The summed E-state index contributed by atoms with van der Waals surface area (Å²) in [6.45, 7) is 10.7. The van der Waals surface area contributed by atoms with Gasteiger partial charge < -0.3 is 19.1 Å². The van der Waals surface area contributed by atoms with Crippen molar-refractivity contribution < 1.29 is 14.2 Å². The summed E-state index contributed by atoms with van der Waals surface area (Å²) in [4.78, 5) is 4.89. The molecule has 2 fully saturated rings. The van der Waals surface area contributed by atoms with E-state index in [1.54, 1.807) is 7.11 Å². The average molecular weight is 363 g/mol. The Kier molecular flexibility index (Phi) is 6.56. The maximum atomic E-state index is 6.35. The molecule has 1 spiro atoms. The Morgan fingerprint density at radius 1 is 1.31 bits per heavy atom. The number of hydrogen-bond acceptors (Lipinski definition) is 5. The predicted molar refractivity (Wildman–Crippen MR) is 104 cm³/mol. The van der Waals surface area contributed by atoms with E-state index in [9.17, 15) is 0 Å². The summed E-state index contributed by atoms with van der Waals surface area (Å²) in [6.07, 6.45) is 1.09. The topological polar surface area (TPSA) is 34.2 Å². The molecule has 146 valence electrons. The Morgan fingerprint density at radius 2 is 2.08 bits per heavy atom. The lowest BCUT2D eigenvalue weighted by Crippen LogP contribution is -2.44. The molecule has 0 N–H and O–H groups in total. The maximum absolute atomic E-state index is 6.35. The van der Waals surface area contributed by atoms with E-state index in [-0.39, 0.29) is 5.60 Å². The highest BCUT2D eigenvalue weighted by molar-refractivity contribution is 5.27. The van der Waals surface area contributed by atoms with Crippen LogP contribution < -0.4 is 4.74 Å². The molecule has 5 nitrogen and oxygen atoms in total. The molecule has 1 aromatic rings. The molecule has 2 atom stereocenters. The number of benzene rings is 1. The maximum Gasteiger partial charge on any atom is 0.118 e. The van der Waals surface area contributed by atoms with Crippen LogP contribution in [0.4, 0.5) is 0 Å². The standard InChI is InChI=1S/C21H34N2O3/c1-17(2)22(3)12-19-11-21(26-14-19)15-23(9-10-25-16-21)13-18-5-7-20(24-4)8-6-18/h5-8,17,19H,9-16H2,1-4H3. The van der Waals surface area contributed by atoms with Gasteiger partial charge in [-0.3, -0.25) is 4.90 Å². The third kappa shape index (κ3) is 4.97. The van der Waals surface area contributed by atoms with Gasteiger partial charge in [0.2, 0.25) is 0 Å². The van der Waals surface area contributed by atoms with Crippen LogP contribution in [0, 0.1) is 5.92 Å². The van der Waals surface area contributed by atoms with Gasteiger partial charge in [-0.1, -0.05) is 12.1 Å². The molecule has 2 unspecified atom stereocenters. The molecule has 26 heavy (non-hydrogen) atoms. The summed E-state index contributed by atoms with van der Waals surface area (Å²) in [5.41, 5.74) is 1.16. The molecule has 0 bridgehead atoms. The molecule has 2 aliphatic heterocycles. The molecular weight excluding hydrogens is 328 g/mol. The molecule has 0 amide bonds. The van der Waals surface area contributed by atoms with E-state index in [0.29, 0.717) is 18.6 Å². The predicted octanol–water partition coefficient (Wildman–Crippen LogP) is 2.64. The van der Waals surface area contributed by atoms with Gasteiger partial charge in [0.05, 0.1) is 26.9 Å². The van der Waals surface area contributed by atoms with Crippen molar-refractivity contribution in [1.29, 1.82) is 0 Å². The van der Waals surface area contributed by atoms with E-state index < -0.39 is 0 Å². The molecule has 5 heteroatoms. The van der Waals surface area contributed by atoms with Crippen molar-refractivity contribution in [3.63, 3.8) is 0 Å². The van der Waals surface area contributed by atoms with E-state index in [1.807, 2.05) is 12.1 Å². The van der Waals surface area contributed by atoms with Gasteiger partial charge in [-0.05, 0) is 50.9 Å². The Hall–Kier alpha value is -1.14. The van der Waals surface area contributed by atoms with Gasteiger partial charge in [-0.2, -0.15) is 0 Å². The van der Waals surface area contributed by atoms with Gasteiger partial charge in [-0.25, -0.2) is 0 Å². The summed E-state index contributed by atoms with van der Waals surface area (Å²) in [5, 5.41) is 0. The zero-order valence-electron chi connectivity index (χ0n) is 16.7. The van der Waals surface area contributed by atoms with Crippen LogP contribution in [0.2, 0.25) is 0 Å². The smallest absolute Gasteiger partial charge is 0.118 e. The van der Waals surface area contributed by atoms with Crippen LogP contribution in [-0.4, -0.2) is 75.1 Å². The average Bonchev–Trinajstić information content (AvgIpc) is 2.90. The monoisotopic (exact) mass is 362 g/mol. The molecule has 0 aromatic heterocycles. The molecule has 0 aliphatic carbocycles.